The van der Waals surface area contributed by atoms with Gasteiger partial charge in [0, 0.05) is 42.9 Å². The summed E-state index contributed by atoms with van der Waals surface area (Å²) in [7, 11) is 0. The second-order valence-corrected chi connectivity index (χ2v) is 6.09. The fourth-order valence-electron chi connectivity index (χ4n) is 2.90. The van der Waals surface area contributed by atoms with Crippen LogP contribution < -0.4 is 5.32 Å². The molecule has 1 aromatic carbocycles. The van der Waals surface area contributed by atoms with Gasteiger partial charge in [-0.1, -0.05) is 12.1 Å². The summed E-state index contributed by atoms with van der Waals surface area (Å²) in [5.41, 5.74) is 2.58. The third-order valence-corrected chi connectivity index (χ3v) is 4.20. The van der Waals surface area contributed by atoms with E-state index in [0.29, 0.717) is 25.5 Å². The summed E-state index contributed by atoms with van der Waals surface area (Å²) in [6.07, 6.45) is 5.64. The van der Waals surface area contributed by atoms with E-state index in [0.717, 1.165) is 16.9 Å². The van der Waals surface area contributed by atoms with Crippen molar-refractivity contribution in [1.82, 2.24) is 19.3 Å². The van der Waals surface area contributed by atoms with Crippen molar-refractivity contribution in [2.75, 3.05) is 25.0 Å². The molecule has 1 saturated heterocycles. The maximum absolute atomic E-state index is 12.3. The van der Waals surface area contributed by atoms with Gasteiger partial charge < -0.3 is 15.0 Å². The molecule has 1 aliphatic heterocycles. The van der Waals surface area contributed by atoms with Crippen molar-refractivity contribution >= 4 is 17.5 Å². The Morgan fingerprint density at radius 2 is 2.16 bits per heavy atom. The van der Waals surface area contributed by atoms with Crippen molar-refractivity contribution in [1.29, 1.82) is 0 Å². The number of nitrogens with zero attached hydrogens (tertiary/aromatic N) is 4. The molecule has 0 aliphatic carbocycles. The van der Waals surface area contributed by atoms with Crippen LogP contribution in [0.25, 0.3) is 17.0 Å². The number of hydrogen-bond acceptors (Lipinski definition) is 4. The number of anilines is 1. The number of amides is 2. The first-order valence-electron chi connectivity index (χ1n) is 8.27. The second kappa shape index (κ2) is 6.52. The summed E-state index contributed by atoms with van der Waals surface area (Å²) in [5.74, 6) is 0.663. The van der Waals surface area contributed by atoms with Crippen LogP contribution in [0.3, 0.4) is 0 Å². The van der Waals surface area contributed by atoms with Crippen molar-refractivity contribution in [2.45, 2.75) is 13.0 Å². The molecule has 1 fully saturated rings. The Kier molecular flexibility index (Phi) is 4.07. The molecule has 0 bridgehead atoms. The van der Waals surface area contributed by atoms with Crippen molar-refractivity contribution in [3.63, 3.8) is 0 Å². The number of ether oxygens (including phenoxy) is 1. The van der Waals surface area contributed by atoms with Crippen LogP contribution in [0.4, 0.5) is 10.5 Å². The molecule has 1 unspecified atom stereocenters. The zero-order chi connectivity index (χ0) is 17.2. The van der Waals surface area contributed by atoms with Gasteiger partial charge in [-0.15, -0.1) is 0 Å². The summed E-state index contributed by atoms with van der Waals surface area (Å²) in [4.78, 5) is 22.8. The number of hydrogen-bond donors (Lipinski definition) is 1. The first-order valence-corrected chi connectivity index (χ1v) is 8.27. The zero-order valence-corrected chi connectivity index (χ0v) is 13.9. The van der Waals surface area contributed by atoms with Gasteiger partial charge in [-0.05, 0) is 25.1 Å². The average Bonchev–Trinajstić information content (AvgIpc) is 3.06. The molecule has 7 nitrogen and oxygen atoms in total. The van der Waals surface area contributed by atoms with Crippen LogP contribution in [0.1, 0.15) is 6.92 Å². The van der Waals surface area contributed by atoms with Crippen LogP contribution in [0.15, 0.2) is 48.9 Å². The molecule has 0 saturated carbocycles. The molecule has 2 amide bonds. The molecule has 1 N–H and O–H groups in total. The number of morpholine rings is 1. The summed E-state index contributed by atoms with van der Waals surface area (Å²) < 4.78 is 7.34. The number of rotatable bonds is 2. The average molecular weight is 337 g/mol. The number of carbonyl (C=O) groups excluding carboxylic acids is 1. The molecule has 0 spiro atoms. The fraction of sp³-hybridized carbons (Fsp3) is 0.278. The van der Waals surface area contributed by atoms with Gasteiger partial charge in [0.2, 0.25) is 5.78 Å². The largest absolute Gasteiger partial charge is 0.375 e. The van der Waals surface area contributed by atoms with Crippen LogP contribution >= 0.6 is 0 Å². The van der Waals surface area contributed by atoms with E-state index < -0.39 is 0 Å². The van der Waals surface area contributed by atoms with E-state index in [-0.39, 0.29) is 12.1 Å². The molecular weight excluding hydrogens is 318 g/mol. The fourth-order valence-corrected chi connectivity index (χ4v) is 2.90. The standard InChI is InChI=1S/C18H19N5O2/c1-13-11-23(9-10-25-13)18(24)20-15-5-3-14(4-6-15)16-12-22-8-2-7-19-17(22)21-16/h2-8,12-13H,9-11H2,1H3,(H,20,24). The van der Waals surface area contributed by atoms with Gasteiger partial charge in [0.15, 0.2) is 0 Å². The molecule has 4 rings (SSSR count). The third-order valence-electron chi connectivity index (χ3n) is 4.20. The third kappa shape index (κ3) is 3.32. The number of urea groups is 1. The van der Waals surface area contributed by atoms with Gasteiger partial charge in [0.25, 0.3) is 0 Å². The molecular formula is C18H19N5O2. The lowest BCUT2D eigenvalue weighted by Gasteiger charge is -2.31. The molecule has 3 heterocycles. The SMILES string of the molecule is CC1CN(C(=O)Nc2ccc(-c3cn4cccnc4n3)cc2)CCO1. The van der Waals surface area contributed by atoms with Gasteiger partial charge in [-0.2, -0.15) is 0 Å². The van der Waals surface area contributed by atoms with E-state index in [9.17, 15) is 4.79 Å². The zero-order valence-electron chi connectivity index (χ0n) is 13.9. The van der Waals surface area contributed by atoms with Crippen LogP contribution in [0.5, 0.6) is 0 Å². The summed E-state index contributed by atoms with van der Waals surface area (Å²) in [6.45, 7) is 3.77. The summed E-state index contributed by atoms with van der Waals surface area (Å²) >= 11 is 0. The van der Waals surface area contributed by atoms with Gasteiger partial charge in [0.05, 0.1) is 18.4 Å². The van der Waals surface area contributed by atoms with Crippen LogP contribution in [-0.4, -0.2) is 51.1 Å². The minimum absolute atomic E-state index is 0.0746. The Balaban J connectivity index is 1.47. The minimum Gasteiger partial charge on any atom is -0.375 e. The maximum atomic E-state index is 12.3. The number of imidazole rings is 1. The van der Waals surface area contributed by atoms with Crippen molar-refractivity contribution < 1.29 is 9.53 Å². The molecule has 2 aromatic heterocycles. The Bertz CT molecular complexity index is 857. The van der Waals surface area contributed by atoms with E-state index >= 15 is 0 Å². The van der Waals surface area contributed by atoms with E-state index in [1.54, 1.807) is 11.1 Å². The number of benzene rings is 1. The first kappa shape index (κ1) is 15.6. The summed E-state index contributed by atoms with van der Waals surface area (Å²) in [5, 5.41) is 2.93. The second-order valence-electron chi connectivity index (χ2n) is 6.09. The molecule has 7 heteroatoms. The highest BCUT2D eigenvalue weighted by molar-refractivity contribution is 5.89. The van der Waals surface area contributed by atoms with E-state index in [2.05, 4.69) is 15.3 Å². The number of nitrogens with one attached hydrogen (secondary N) is 1. The highest BCUT2D eigenvalue weighted by Crippen LogP contribution is 2.21. The topological polar surface area (TPSA) is 71.8 Å². The quantitative estimate of drug-likeness (QED) is 0.780. The maximum Gasteiger partial charge on any atom is 0.322 e. The Hall–Kier alpha value is -2.93. The van der Waals surface area contributed by atoms with Gasteiger partial charge >= 0.3 is 6.03 Å². The molecule has 0 radical (unpaired) electrons. The highest BCUT2D eigenvalue weighted by Gasteiger charge is 2.21. The highest BCUT2D eigenvalue weighted by atomic mass is 16.5. The van der Waals surface area contributed by atoms with E-state index in [4.69, 9.17) is 4.74 Å². The number of fused-ring (bicyclic) bond motifs is 1. The monoisotopic (exact) mass is 337 g/mol. The first-order chi connectivity index (χ1) is 12.2. The molecule has 1 atom stereocenters. The predicted molar refractivity (Wildman–Crippen MR) is 94.4 cm³/mol. The minimum atomic E-state index is -0.0974. The van der Waals surface area contributed by atoms with Crippen molar-refractivity contribution in [3.8, 4) is 11.3 Å². The summed E-state index contributed by atoms with van der Waals surface area (Å²) in [6, 6.07) is 9.42. The Morgan fingerprint density at radius 1 is 1.32 bits per heavy atom. The Morgan fingerprint density at radius 3 is 2.92 bits per heavy atom. The smallest absolute Gasteiger partial charge is 0.322 e. The van der Waals surface area contributed by atoms with Crippen molar-refractivity contribution in [2.24, 2.45) is 0 Å². The van der Waals surface area contributed by atoms with Crippen LogP contribution in [-0.2, 0) is 4.74 Å². The molecule has 1 aliphatic rings. The Labute approximate surface area is 145 Å². The lowest BCUT2D eigenvalue weighted by molar-refractivity contribution is -0.00138. The van der Waals surface area contributed by atoms with Crippen LogP contribution in [0, 0.1) is 0 Å². The van der Waals surface area contributed by atoms with Crippen molar-refractivity contribution in [3.05, 3.63) is 48.9 Å². The number of aromatic nitrogens is 3. The lowest BCUT2D eigenvalue weighted by Crippen LogP contribution is -2.46. The predicted octanol–water partition coefficient (Wildman–Crippen LogP) is 2.65. The molecule has 3 aromatic rings. The van der Waals surface area contributed by atoms with E-state index in [1.807, 2.05) is 54.0 Å². The van der Waals surface area contributed by atoms with Crippen LogP contribution in [0.2, 0.25) is 0 Å². The normalized spacial score (nSPS) is 17.6. The number of carbonyl (C=O) groups is 1. The van der Waals surface area contributed by atoms with E-state index in [1.165, 1.54) is 0 Å². The van der Waals surface area contributed by atoms with Gasteiger partial charge in [-0.3, -0.25) is 4.40 Å². The van der Waals surface area contributed by atoms with Gasteiger partial charge in [-0.25, -0.2) is 14.8 Å². The molecule has 128 valence electrons. The van der Waals surface area contributed by atoms with Gasteiger partial charge in [0.1, 0.15) is 0 Å². The molecule has 25 heavy (non-hydrogen) atoms. The lowest BCUT2D eigenvalue weighted by atomic mass is 10.1.